The topological polar surface area (TPSA) is 29.5 Å². The summed E-state index contributed by atoms with van der Waals surface area (Å²) in [4.78, 5) is 0. The molecule has 0 radical (unpaired) electrons. The molecule has 0 spiro atoms. The van der Waals surface area contributed by atoms with Crippen LogP contribution in [0.3, 0.4) is 0 Å². The van der Waals surface area contributed by atoms with Crippen molar-refractivity contribution in [2.75, 3.05) is 0 Å². The van der Waals surface area contributed by atoms with Gasteiger partial charge in [0.25, 0.3) is 0 Å². The second kappa shape index (κ2) is 5.36. The van der Waals surface area contributed by atoms with E-state index < -0.39 is 11.9 Å². The predicted molar refractivity (Wildman–Crippen MR) is 68.2 cm³/mol. The Hall–Kier alpha value is -1.94. The molecule has 0 saturated heterocycles. The first-order valence-corrected chi connectivity index (χ1v) is 5.89. The minimum Gasteiger partial charge on any atom is -0.457 e. The largest absolute Gasteiger partial charge is 0.457 e. The summed E-state index contributed by atoms with van der Waals surface area (Å²) in [5, 5.41) is 9.58. The third-order valence-corrected chi connectivity index (χ3v) is 2.79. The molecule has 2 aromatic carbocycles. The predicted octanol–water partition coefficient (Wildman–Crippen LogP) is 4.12. The molecule has 2 nitrogen and oxygen atoms in total. The zero-order valence-corrected chi connectivity index (χ0v) is 10.7. The fourth-order valence-electron chi connectivity index (χ4n) is 1.70. The Kier molecular flexibility index (Phi) is 3.81. The van der Waals surface area contributed by atoms with Gasteiger partial charge in [-0.2, -0.15) is 0 Å². The maximum Gasteiger partial charge on any atom is 0.133 e. The first kappa shape index (κ1) is 13.5. The minimum atomic E-state index is -0.874. The molecule has 1 unspecified atom stereocenters. The van der Waals surface area contributed by atoms with E-state index in [1.807, 2.05) is 0 Å². The first-order chi connectivity index (χ1) is 8.97. The Bertz CT molecular complexity index is 595. The molecule has 100 valence electrons. The summed E-state index contributed by atoms with van der Waals surface area (Å²) in [7, 11) is 0. The van der Waals surface area contributed by atoms with Crippen molar-refractivity contribution in [1.29, 1.82) is 0 Å². The molecule has 0 aliphatic heterocycles. The van der Waals surface area contributed by atoms with Crippen LogP contribution in [0.25, 0.3) is 0 Å². The van der Waals surface area contributed by atoms with E-state index in [-0.39, 0.29) is 5.82 Å². The normalized spacial score (nSPS) is 12.3. The average Bonchev–Trinajstić information content (AvgIpc) is 2.36. The number of hydrogen-bond acceptors (Lipinski definition) is 2. The summed E-state index contributed by atoms with van der Waals surface area (Å²) in [6.07, 6.45) is -0.874. The number of aliphatic hydroxyl groups is 1. The lowest BCUT2D eigenvalue weighted by Gasteiger charge is -2.13. The molecule has 0 bridgehead atoms. The summed E-state index contributed by atoms with van der Waals surface area (Å²) in [5.74, 6) is -0.229. The van der Waals surface area contributed by atoms with Gasteiger partial charge in [0.15, 0.2) is 0 Å². The fourth-order valence-corrected chi connectivity index (χ4v) is 1.70. The molecule has 0 amide bonds. The monoisotopic (exact) mass is 264 g/mol. The van der Waals surface area contributed by atoms with E-state index in [2.05, 4.69) is 0 Å². The van der Waals surface area contributed by atoms with Crippen molar-refractivity contribution in [3.63, 3.8) is 0 Å². The number of hydrogen-bond donors (Lipinski definition) is 1. The van der Waals surface area contributed by atoms with Crippen LogP contribution in [0.4, 0.5) is 8.78 Å². The Labute approximate surface area is 110 Å². The maximum atomic E-state index is 13.4. The summed E-state index contributed by atoms with van der Waals surface area (Å²) in [5.41, 5.74) is 0.836. The highest BCUT2D eigenvalue weighted by atomic mass is 19.1. The van der Waals surface area contributed by atoms with Gasteiger partial charge in [-0.3, -0.25) is 0 Å². The Balaban J connectivity index is 2.35. The minimum absolute atomic E-state index is 0.302. The zero-order valence-electron chi connectivity index (χ0n) is 10.7. The van der Waals surface area contributed by atoms with Gasteiger partial charge in [-0.05, 0) is 43.7 Å². The van der Waals surface area contributed by atoms with Crippen LogP contribution >= 0.6 is 0 Å². The number of rotatable bonds is 3. The summed E-state index contributed by atoms with van der Waals surface area (Å²) < 4.78 is 32.0. The Morgan fingerprint density at radius 2 is 1.84 bits per heavy atom. The van der Waals surface area contributed by atoms with Gasteiger partial charge in [0.1, 0.15) is 23.1 Å². The molecule has 0 aliphatic rings. The van der Waals surface area contributed by atoms with Gasteiger partial charge >= 0.3 is 0 Å². The van der Waals surface area contributed by atoms with Gasteiger partial charge in [0.05, 0.1) is 6.10 Å². The molecule has 0 saturated carbocycles. The molecule has 0 heterocycles. The van der Waals surface area contributed by atoms with E-state index in [9.17, 15) is 13.9 Å². The lowest BCUT2D eigenvalue weighted by Crippen LogP contribution is -1.97. The summed E-state index contributed by atoms with van der Waals surface area (Å²) in [6, 6.07) is 8.31. The van der Waals surface area contributed by atoms with E-state index in [4.69, 9.17) is 4.74 Å². The lowest BCUT2D eigenvalue weighted by atomic mass is 10.1. The van der Waals surface area contributed by atoms with E-state index in [1.165, 1.54) is 31.2 Å². The summed E-state index contributed by atoms with van der Waals surface area (Å²) >= 11 is 0. The van der Waals surface area contributed by atoms with E-state index >= 15 is 0 Å². The van der Waals surface area contributed by atoms with Crippen LogP contribution in [0.1, 0.15) is 24.2 Å². The lowest BCUT2D eigenvalue weighted by molar-refractivity contribution is 0.195. The first-order valence-electron chi connectivity index (χ1n) is 5.89. The van der Waals surface area contributed by atoms with Gasteiger partial charge < -0.3 is 9.84 Å². The van der Waals surface area contributed by atoms with E-state index in [0.29, 0.717) is 22.6 Å². The van der Waals surface area contributed by atoms with Crippen LogP contribution in [0.5, 0.6) is 11.5 Å². The van der Waals surface area contributed by atoms with Gasteiger partial charge in [-0.25, -0.2) is 8.78 Å². The van der Waals surface area contributed by atoms with Gasteiger partial charge in [-0.15, -0.1) is 0 Å². The molecular weight excluding hydrogens is 250 g/mol. The molecule has 19 heavy (non-hydrogen) atoms. The van der Waals surface area contributed by atoms with Crippen LogP contribution < -0.4 is 4.74 Å². The van der Waals surface area contributed by atoms with Gasteiger partial charge in [-0.1, -0.05) is 6.07 Å². The highest BCUT2D eigenvalue weighted by molar-refractivity contribution is 5.40. The van der Waals surface area contributed by atoms with Gasteiger partial charge in [0.2, 0.25) is 0 Å². The highest BCUT2D eigenvalue weighted by Crippen LogP contribution is 2.30. The standard InChI is InChI=1S/C15H14F2O2/c1-9-3-5-12(8-14(9)17)19-15-6-4-11(16)7-13(15)10(2)18/h3-8,10,18H,1-2H3. The third-order valence-electron chi connectivity index (χ3n) is 2.79. The molecule has 0 aromatic heterocycles. The SMILES string of the molecule is Cc1ccc(Oc2ccc(F)cc2C(C)O)cc1F. The quantitative estimate of drug-likeness (QED) is 0.903. The number of benzene rings is 2. The maximum absolute atomic E-state index is 13.4. The summed E-state index contributed by atoms with van der Waals surface area (Å²) in [6.45, 7) is 3.16. The number of aliphatic hydroxyl groups excluding tert-OH is 1. The van der Waals surface area contributed by atoms with E-state index in [0.717, 1.165) is 0 Å². The van der Waals surface area contributed by atoms with Crippen molar-refractivity contribution in [3.05, 3.63) is 59.2 Å². The second-order valence-electron chi connectivity index (χ2n) is 4.37. The molecule has 4 heteroatoms. The zero-order chi connectivity index (χ0) is 14.0. The van der Waals surface area contributed by atoms with E-state index in [1.54, 1.807) is 19.1 Å². The fraction of sp³-hybridized carbons (Fsp3) is 0.200. The molecule has 2 rings (SSSR count). The van der Waals surface area contributed by atoms with Crippen molar-refractivity contribution in [1.82, 2.24) is 0 Å². The van der Waals surface area contributed by atoms with Crippen molar-refractivity contribution in [2.45, 2.75) is 20.0 Å². The molecule has 0 fully saturated rings. The highest BCUT2D eigenvalue weighted by Gasteiger charge is 2.12. The Morgan fingerprint density at radius 1 is 1.11 bits per heavy atom. The van der Waals surface area contributed by atoms with Crippen LogP contribution in [0, 0.1) is 18.6 Å². The molecule has 1 atom stereocenters. The van der Waals surface area contributed by atoms with Crippen LogP contribution in [-0.4, -0.2) is 5.11 Å². The molecule has 1 N–H and O–H groups in total. The van der Waals surface area contributed by atoms with Crippen molar-refractivity contribution in [2.24, 2.45) is 0 Å². The number of ether oxygens (including phenoxy) is 1. The van der Waals surface area contributed by atoms with Crippen molar-refractivity contribution in [3.8, 4) is 11.5 Å². The van der Waals surface area contributed by atoms with Crippen LogP contribution in [0.15, 0.2) is 36.4 Å². The van der Waals surface area contributed by atoms with Crippen LogP contribution in [-0.2, 0) is 0 Å². The average molecular weight is 264 g/mol. The third kappa shape index (κ3) is 3.09. The van der Waals surface area contributed by atoms with Crippen molar-refractivity contribution < 1.29 is 18.6 Å². The Morgan fingerprint density at radius 3 is 2.47 bits per heavy atom. The molecular formula is C15H14F2O2. The molecule has 2 aromatic rings. The van der Waals surface area contributed by atoms with Crippen molar-refractivity contribution >= 4 is 0 Å². The van der Waals surface area contributed by atoms with Crippen LogP contribution in [0.2, 0.25) is 0 Å². The van der Waals surface area contributed by atoms with Gasteiger partial charge in [0, 0.05) is 11.6 Å². The smallest absolute Gasteiger partial charge is 0.133 e. The second-order valence-corrected chi connectivity index (χ2v) is 4.37. The molecule has 0 aliphatic carbocycles. The number of aryl methyl sites for hydroxylation is 1. The number of halogens is 2.